The third kappa shape index (κ3) is 2.36. The molecule has 1 fully saturated rings. The third-order valence-corrected chi connectivity index (χ3v) is 4.92. The number of hydrogen-bond donors (Lipinski definition) is 1. The number of benzene rings is 1. The van der Waals surface area contributed by atoms with Crippen LogP contribution < -0.4 is 10.6 Å². The van der Waals surface area contributed by atoms with Crippen molar-refractivity contribution in [2.24, 2.45) is 0 Å². The van der Waals surface area contributed by atoms with E-state index < -0.39 is 15.7 Å². The minimum atomic E-state index is -2.95. The average Bonchev–Trinajstić information content (AvgIpc) is 2.62. The van der Waals surface area contributed by atoms with Gasteiger partial charge in [0.1, 0.15) is 5.82 Å². The Bertz CT molecular complexity index is 530. The highest BCUT2D eigenvalue weighted by atomic mass is 32.2. The summed E-state index contributed by atoms with van der Waals surface area (Å²) >= 11 is 0. The number of nitrogens with two attached hydrogens (primary N) is 1. The van der Waals surface area contributed by atoms with Gasteiger partial charge < -0.3 is 10.6 Å². The van der Waals surface area contributed by atoms with Gasteiger partial charge in [-0.25, -0.2) is 12.8 Å². The van der Waals surface area contributed by atoms with Gasteiger partial charge in [-0.1, -0.05) is 6.07 Å². The van der Waals surface area contributed by atoms with Gasteiger partial charge >= 0.3 is 0 Å². The van der Waals surface area contributed by atoms with Crippen LogP contribution in [-0.4, -0.2) is 33.0 Å². The monoisotopic (exact) mass is 258 g/mol. The molecule has 1 aliphatic heterocycles. The predicted molar refractivity (Wildman–Crippen MR) is 66.3 cm³/mol. The standard InChI is InChI=1S/C11H15FN2O2S/c1-14(8-5-6-17(15,16)7-8)10-4-2-3-9(12)11(10)13/h2-4,8H,5-7,13H2,1H3. The molecule has 1 aromatic carbocycles. The lowest BCUT2D eigenvalue weighted by Gasteiger charge is -2.26. The molecule has 0 radical (unpaired) electrons. The highest BCUT2D eigenvalue weighted by Crippen LogP contribution is 2.29. The van der Waals surface area contributed by atoms with Gasteiger partial charge in [-0.3, -0.25) is 0 Å². The SMILES string of the molecule is CN(c1cccc(F)c1N)C1CCS(=O)(=O)C1. The van der Waals surface area contributed by atoms with Crippen molar-refractivity contribution in [1.29, 1.82) is 0 Å². The minimum Gasteiger partial charge on any atom is -0.395 e. The predicted octanol–water partition coefficient (Wildman–Crippen LogP) is 1.03. The summed E-state index contributed by atoms with van der Waals surface area (Å²) in [6, 6.07) is 4.44. The average molecular weight is 258 g/mol. The molecule has 2 rings (SSSR count). The first-order valence-electron chi connectivity index (χ1n) is 5.38. The molecular weight excluding hydrogens is 243 g/mol. The zero-order chi connectivity index (χ0) is 12.6. The molecule has 1 unspecified atom stereocenters. The molecule has 0 bridgehead atoms. The van der Waals surface area contributed by atoms with Gasteiger partial charge in [0.15, 0.2) is 9.84 Å². The lowest BCUT2D eigenvalue weighted by Crippen LogP contribution is -2.33. The summed E-state index contributed by atoms with van der Waals surface area (Å²) < 4.78 is 36.1. The molecule has 1 aromatic rings. The van der Waals surface area contributed by atoms with Gasteiger partial charge in [0.2, 0.25) is 0 Å². The number of anilines is 2. The minimum absolute atomic E-state index is 0.0688. The second-order valence-corrected chi connectivity index (χ2v) is 6.57. The van der Waals surface area contributed by atoms with Crippen molar-refractivity contribution in [3.05, 3.63) is 24.0 Å². The zero-order valence-corrected chi connectivity index (χ0v) is 10.4. The molecule has 94 valence electrons. The van der Waals surface area contributed by atoms with E-state index in [9.17, 15) is 12.8 Å². The van der Waals surface area contributed by atoms with Gasteiger partial charge in [0, 0.05) is 13.1 Å². The van der Waals surface area contributed by atoms with Crippen LogP contribution in [0.15, 0.2) is 18.2 Å². The molecule has 0 spiro atoms. The maximum absolute atomic E-state index is 13.3. The molecule has 4 nitrogen and oxygen atoms in total. The topological polar surface area (TPSA) is 63.4 Å². The second kappa shape index (κ2) is 4.18. The van der Waals surface area contributed by atoms with Gasteiger partial charge in [-0.2, -0.15) is 0 Å². The fraction of sp³-hybridized carbons (Fsp3) is 0.455. The highest BCUT2D eigenvalue weighted by molar-refractivity contribution is 7.91. The number of sulfone groups is 1. The Kier molecular flexibility index (Phi) is 2.99. The van der Waals surface area contributed by atoms with Crippen LogP contribution in [0.4, 0.5) is 15.8 Å². The van der Waals surface area contributed by atoms with E-state index in [1.807, 2.05) is 0 Å². The molecule has 1 aliphatic rings. The Labute approximate surface area is 100 Å². The Morgan fingerprint density at radius 2 is 2.18 bits per heavy atom. The van der Waals surface area contributed by atoms with Crippen molar-refractivity contribution < 1.29 is 12.8 Å². The van der Waals surface area contributed by atoms with Crippen LogP contribution in [0, 0.1) is 5.82 Å². The fourth-order valence-electron chi connectivity index (χ4n) is 2.11. The van der Waals surface area contributed by atoms with E-state index in [1.165, 1.54) is 6.07 Å². The molecule has 0 aromatic heterocycles. The maximum atomic E-state index is 13.3. The summed E-state index contributed by atoms with van der Waals surface area (Å²) in [5.74, 6) is -0.174. The van der Waals surface area contributed by atoms with Crippen molar-refractivity contribution in [3.63, 3.8) is 0 Å². The number of para-hydroxylation sites is 1. The molecule has 1 saturated heterocycles. The van der Waals surface area contributed by atoms with E-state index in [0.29, 0.717) is 12.1 Å². The zero-order valence-electron chi connectivity index (χ0n) is 9.56. The first-order valence-corrected chi connectivity index (χ1v) is 7.20. The maximum Gasteiger partial charge on any atom is 0.152 e. The lowest BCUT2D eigenvalue weighted by molar-refractivity contribution is 0.600. The summed E-state index contributed by atoms with van der Waals surface area (Å²) in [7, 11) is -1.20. The largest absolute Gasteiger partial charge is 0.395 e. The van der Waals surface area contributed by atoms with Gasteiger partial charge in [0.25, 0.3) is 0 Å². The molecule has 6 heteroatoms. The molecule has 1 heterocycles. The van der Waals surface area contributed by atoms with Crippen molar-refractivity contribution in [2.45, 2.75) is 12.5 Å². The van der Waals surface area contributed by atoms with Gasteiger partial charge in [-0.05, 0) is 18.6 Å². The fourth-order valence-corrected chi connectivity index (χ4v) is 3.89. The molecule has 17 heavy (non-hydrogen) atoms. The number of nitrogens with zero attached hydrogens (tertiary/aromatic N) is 1. The Balaban J connectivity index is 2.26. The number of halogens is 1. The van der Waals surface area contributed by atoms with Crippen molar-refractivity contribution >= 4 is 21.2 Å². The number of hydrogen-bond acceptors (Lipinski definition) is 4. The van der Waals surface area contributed by atoms with Crippen molar-refractivity contribution in [1.82, 2.24) is 0 Å². The van der Waals surface area contributed by atoms with Crippen LogP contribution in [0.5, 0.6) is 0 Å². The lowest BCUT2D eigenvalue weighted by atomic mass is 10.2. The summed E-state index contributed by atoms with van der Waals surface area (Å²) in [5, 5.41) is 0. The molecule has 0 saturated carbocycles. The molecule has 0 amide bonds. The van der Waals surface area contributed by atoms with Crippen LogP contribution in [0.2, 0.25) is 0 Å². The summed E-state index contributed by atoms with van der Waals surface area (Å²) in [6.45, 7) is 0. The number of rotatable bonds is 2. The highest BCUT2D eigenvalue weighted by Gasteiger charge is 2.31. The Hall–Kier alpha value is -1.30. The summed E-state index contributed by atoms with van der Waals surface area (Å²) in [4.78, 5) is 1.75. The first kappa shape index (κ1) is 12.2. The van der Waals surface area contributed by atoms with Crippen LogP contribution in [-0.2, 0) is 9.84 Å². The normalized spacial score (nSPS) is 22.6. The van der Waals surface area contributed by atoms with Gasteiger partial charge in [0.05, 0.1) is 22.9 Å². The van der Waals surface area contributed by atoms with Crippen molar-refractivity contribution in [2.75, 3.05) is 29.2 Å². The molecular formula is C11H15FN2O2S. The van der Waals surface area contributed by atoms with Crippen LogP contribution >= 0.6 is 0 Å². The number of nitrogen functional groups attached to an aromatic ring is 1. The Morgan fingerprint density at radius 3 is 2.76 bits per heavy atom. The molecule has 1 atom stereocenters. The van der Waals surface area contributed by atoms with E-state index >= 15 is 0 Å². The quantitative estimate of drug-likeness (QED) is 0.805. The van der Waals surface area contributed by atoms with E-state index in [0.717, 1.165) is 0 Å². The third-order valence-electron chi connectivity index (χ3n) is 3.17. The van der Waals surface area contributed by atoms with E-state index in [-0.39, 0.29) is 23.2 Å². The van der Waals surface area contributed by atoms with E-state index in [2.05, 4.69) is 0 Å². The van der Waals surface area contributed by atoms with Crippen LogP contribution in [0.25, 0.3) is 0 Å². The van der Waals surface area contributed by atoms with E-state index in [4.69, 9.17) is 5.73 Å². The molecule has 2 N–H and O–H groups in total. The van der Waals surface area contributed by atoms with E-state index in [1.54, 1.807) is 24.1 Å². The van der Waals surface area contributed by atoms with Crippen LogP contribution in [0.1, 0.15) is 6.42 Å². The summed E-state index contributed by atoms with van der Waals surface area (Å²) in [6.07, 6.45) is 0.564. The summed E-state index contributed by atoms with van der Waals surface area (Å²) in [5.41, 5.74) is 6.27. The molecule has 0 aliphatic carbocycles. The Morgan fingerprint density at radius 1 is 1.47 bits per heavy atom. The smallest absolute Gasteiger partial charge is 0.152 e. The first-order chi connectivity index (χ1) is 7.91. The second-order valence-electron chi connectivity index (χ2n) is 4.34. The van der Waals surface area contributed by atoms with Crippen molar-refractivity contribution in [3.8, 4) is 0 Å². The van der Waals surface area contributed by atoms with Gasteiger partial charge in [-0.15, -0.1) is 0 Å². The van der Waals surface area contributed by atoms with Crippen LogP contribution in [0.3, 0.4) is 0 Å².